The lowest BCUT2D eigenvalue weighted by molar-refractivity contribution is -0.161. The third-order valence-electron chi connectivity index (χ3n) is 13.3. The molecule has 0 radical (unpaired) electrons. The predicted molar refractivity (Wildman–Crippen MR) is 339 cm³/mol. The van der Waals surface area contributed by atoms with Crippen molar-refractivity contribution in [1.82, 2.24) is 0 Å². The zero-order valence-electron chi connectivity index (χ0n) is 50.6. The van der Waals surface area contributed by atoms with Crippen molar-refractivity contribution in [3.8, 4) is 0 Å². The van der Waals surface area contributed by atoms with Gasteiger partial charge in [0.25, 0.3) is 0 Å². The summed E-state index contributed by atoms with van der Waals surface area (Å²) < 4.78 is 33.1. The van der Waals surface area contributed by atoms with Gasteiger partial charge in [0, 0.05) is 19.4 Å². The van der Waals surface area contributed by atoms with E-state index in [-0.39, 0.29) is 32.6 Å². The molecule has 452 valence electrons. The maximum atomic E-state index is 12.7. The lowest BCUT2D eigenvalue weighted by atomic mass is 10.0. The molecular weight excluding hydrogens is 1000 g/mol. The number of rotatable bonds is 59. The van der Waals surface area contributed by atoms with Crippen LogP contribution in [0.2, 0.25) is 0 Å². The zero-order chi connectivity index (χ0) is 57.3. The zero-order valence-corrected chi connectivity index (χ0v) is 51.5. The fourth-order valence-electron chi connectivity index (χ4n) is 8.69. The largest absolute Gasteiger partial charge is 0.472 e. The first-order valence-electron chi connectivity index (χ1n) is 32.0. The lowest BCUT2D eigenvalue weighted by Gasteiger charge is -2.19. The Balaban J connectivity index is 3.84. The molecule has 0 aromatic carbocycles. The van der Waals surface area contributed by atoms with Gasteiger partial charge in [0.15, 0.2) is 6.10 Å². The second-order valence-corrected chi connectivity index (χ2v) is 22.3. The first-order chi connectivity index (χ1) is 38.8. The molecule has 0 aromatic heterocycles. The van der Waals surface area contributed by atoms with Gasteiger partial charge in [0.2, 0.25) is 0 Å². The van der Waals surface area contributed by atoms with Gasteiger partial charge in [-0.1, -0.05) is 277 Å². The van der Waals surface area contributed by atoms with Crippen LogP contribution in [0, 0.1) is 0 Å². The molecule has 79 heavy (non-hydrogen) atoms. The summed E-state index contributed by atoms with van der Waals surface area (Å²) in [5.41, 5.74) is 5.38. The Morgan fingerprint density at radius 3 is 0.975 bits per heavy atom. The Morgan fingerprint density at radius 2 is 0.658 bits per heavy atom. The van der Waals surface area contributed by atoms with Crippen molar-refractivity contribution in [1.29, 1.82) is 0 Å². The fourth-order valence-corrected chi connectivity index (χ4v) is 9.46. The van der Waals surface area contributed by atoms with Crippen molar-refractivity contribution in [3.63, 3.8) is 0 Å². The molecule has 0 spiro atoms. The first kappa shape index (κ1) is 75.4. The standard InChI is InChI=1S/C69H118NO8P/c1-3-5-7-9-11-13-15-17-19-21-22-23-24-25-26-27-28-29-30-31-32-33-34-35-36-37-38-39-40-41-42-43-44-46-48-50-52-54-56-58-60-62-69(72)78-67(66-77-79(73,74)76-64-63-70)65-75-68(71)61-59-57-55-53-51-49-47-45-20-18-16-14-12-10-8-6-4-2/h5-8,11-14,17-20,22-23,25-26,28-29,31-32,67H,3-4,9-10,15-16,21,24,27,30,33-66,70H2,1-2H3,(H,73,74)/b7-5-,8-6-,13-11-,14-12-,19-17-,20-18-,23-22-,26-25-,29-28-,32-31-. The van der Waals surface area contributed by atoms with Gasteiger partial charge in [-0.2, -0.15) is 0 Å². The number of phosphoric ester groups is 1. The van der Waals surface area contributed by atoms with Crippen molar-refractivity contribution in [2.45, 2.75) is 277 Å². The van der Waals surface area contributed by atoms with E-state index in [1.807, 2.05) is 0 Å². The van der Waals surface area contributed by atoms with Gasteiger partial charge >= 0.3 is 19.8 Å². The maximum absolute atomic E-state index is 12.7. The first-order valence-corrected chi connectivity index (χ1v) is 33.5. The number of nitrogens with two attached hydrogens (primary N) is 1. The van der Waals surface area contributed by atoms with E-state index >= 15 is 0 Å². The second kappa shape index (κ2) is 63.6. The van der Waals surface area contributed by atoms with E-state index in [1.54, 1.807) is 0 Å². The van der Waals surface area contributed by atoms with E-state index in [1.165, 1.54) is 122 Å². The smallest absolute Gasteiger partial charge is 0.462 e. The summed E-state index contributed by atoms with van der Waals surface area (Å²) in [6, 6.07) is 0. The average molecular weight is 1120 g/mol. The highest BCUT2D eigenvalue weighted by molar-refractivity contribution is 7.47. The molecule has 0 amide bonds. The van der Waals surface area contributed by atoms with Gasteiger partial charge in [-0.3, -0.25) is 18.6 Å². The molecule has 0 aliphatic carbocycles. The summed E-state index contributed by atoms with van der Waals surface area (Å²) in [6.45, 7) is 3.52. The van der Waals surface area contributed by atoms with Crippen LogP contribution in [0.1, 0.15) is 271 Å². The van der Waals surface area contributed by atoms with Gasteiger partial charge in [-0.15, -0.1) is 0 Å². The van der Waals surface area contributed by atoms with Crippen LogP contribution in [0.5, 0.6) is 0 Å². The number of esters is 2. The fraction of sp³-hybridized carbons (Fsp3) is 0.681. The molecule has 0 saturated heterocycles. The SMILES string of the molecule is CC/C=C\C/C=C\C/C=C\C/C=C\C/C=C\C/C=C\C/C=C\CCCCCCCCCCCCCCCCCCCCCC(=O)OC(COC(=O)CCCCCCCCC/C=C\C/C=C\C/C=C\CC)COP(=O)(O)OCCN. The molecule has 2 atom stereocenters. The van der Waals surface area contributed by atoms with Crippen molar-refractivity contribution in [3.05, 3.63) is 122 Å². The van der Waals surface area contributed by atoms with Crippen LogP contribution in [0.15, 0.2) is 122 Å². The van der Waals surface area contributed by atoms with E-state index < -0.39 is 32.5 Å². The Bertz CT molecular complexity index is 1710. The van der Waals surface area contributed by atoms with Crippen molar-refractivity contribution < 1.29 is 37.6 Å². The Morgan fingerprint density at radius 1 is 0.380 bits per heavy atom. The molecule has 10 heteroatoms. The minimum absolute atomic E-state index is 0.0485. The van der Waals surface area contributed by atoms with E-state index in [2.05, 4.69) is 135 Å². The summed E-state index contributed by atoms with van der Waals surface area (Å²) in [6.07, 6.45) is 88.5. The Hall–Kier alpha value is -3.59. The van der Waals surface area contributed by atoms with Crippen LogP contribution in [-0.2, 0) is 32.7 Å². The molecular formula is C69H118NO8P. The summed E-state index contributed by atoms with van der Waals surface area (Å²) in [5.74, 6) is -0.837. The normalized spacial score (nSPS) is 13.8. The van der Waals surface area contributed by atoms with Crippen LogP contribution >= 0.6 is 7.82 Å². The van der Waals surface area contributed by atoms with Crippen LogP contribution in [0.25, 0.3) is 0 Å². The lowest BCUT2D eigenvalue weighted by Crippen LogP contribution is -2.29. The molecule has 0 fully saturated rings. The highest BCUT2D eigenvalue weighted by atomic mass is 31.2. The molecule has 2 unspecified atom stereocenters. The highest BCUT2D eigenvalue weighted by Crippen LogP contribution is 2.43. The number of carbonyl (C=O) groups excluding carboxylic acids is 2. The Kier molecular flexibility index (Phi) is 60.7. The van der Waals surface area contributed by atoms with Crippen LogP contribution < -0.4 is 5.73 Å². The topological polar surface area (TPSA) is 134 Å². The number of carbonyl (C=O) groups is 2. The molecule has 0 heterocycles. The summed E-state index contributed by atoms with van der Waals surface area (Å²) in [5, 5.41) is 0. The number of hydrogen-bond donors (Lipinski definition) is 2. The van der Waals surface area contributed by atoms with Crippen molar-refractivity contribution in [2.75, 3.05) is 26.4 Å². The van der Waals surface area contributed by atoms with Crippen molar-refractivity contribution in [2.24, 2.45) is 5.73 Å². The minimum Gasteiger partial charge on any atom is -0.462 e. The second-order valence-electron chi connectivity index (χ2n) is 20.9. The van der Waals surface area contributed by atoms with Gasteiger partial charge in [0.05, 0.1) is 13.2 Å². The monoisotopic (exact) mass is 1120 g/mol. The molecule has 0 aliphatic rings. The van der Waals surface area contributed by atoms with Gasteiger partial charge < -0.3 is 20.1 Å². The Labute approximate surface area is 485 Å². The molecule has 9 nitrogen and oxygen atoms in total. The number of allylic oxidation sites excluding steroid dienone is 20. The van der Waals surface area contributed by atoms with Gasteiger partial charge in [-0.25, -0.2) is 4.57 Å². The highest BCUT2D eigenvalue weighted by Gasteiger charge is 2.26. The minimum atomic E-state index is -4.40. The molecule has 3 N–H and O–H groups in total. The van der Waals surface area contributed by atoms with Crippen LogP contribution in [-0.4, -0.2) is 49.3 Å². The molecule has 0 bridgehead atoms. The molecule has 0 rings (SSSR count). The third-order valence-corrected chi connectivity index (χ3v) is 14.3. The number of phosphoric acid groups is 1. The summed E-state index contributed by atoms with van der Waals surface area (Å²) in [7, 11) is -4.40. The number of ether oxygens (including phenoxy) is 2. The van der Waals surface area contributed by atoms with Gasteiger partial charge in [-0.05, 0) is 103 Å². The average Bonchev–Trinajstić information content (AvgIpc) is 3.44. The quantitative estimate of drug-likeness (QED) is 0.0264. The third kappa shape index (κ3) is 63.5. The summed E-state index contributed by atoms with van der Waals surface area (Å²) >= 11 is 0. The van der Waals surface area contributed by atoms with E-state index in [4.69, 9.17) is 24.3 Å². The van der Waals surface area contributed by atoms with E-state index in [9.17, 15) is 19.0 Å². The molecule has 0 aromatic rings. The maximum Gasteiger partial charge on any atom is 0.472 e. The molecule has 0 saturated carbocycles. The number of hydrogen-bond acceptors (Lipinski definition) is 8. The van der Waals surface area contributed by atoms with Crippen LogP contribution in [0.4, 0.5) is 0 Å². The van der Waals surface area contributed by atoms with E-state index in [0.29, 0.717) is 6.42 Å². The van der Waals surface area contributed by atoms with Crippen LogP contribution in [0.3, 0.4) is 0 Å². The number of unbranched alkanes of at least 4 members (excludes halogenated alkanes) is 26. The molecule has 0 aliphatic heterocycles. The summed E-state index contributed by atoms with van der Waals surface area (Å²) in [4.78, 5) is 35.2. The van der Waals surface area contributed by atoms with Gasteiger partial charge in [0.1, 0.15) is 6.61 Å². The van der Waals surface area contributed by atoms with E-state index in [0.717, 1.165) is 116 Å². The predicted octanol–water partition coefficient (Wildman–Crippen LogP) is 20.7. The van der Waals surface area contributed by atoms with Crippen molar-refractivity contribution >= 4 is 19.8 Å².